The van der Waals surface area contributed by atoms with Crippen molar-refractivity contribution in [1.29, 1.82) is 0 Å². The molecule has 1 aliphatic carbocycles. The van der Waals surface area contributed by atoms with Crippen LogP contribution in [0.15, 0.2) is 36.5 Å². The first-order valence-corrected chi connectivity index (χ1v) is 10.8. The van der Waals surface area contributed by atoms with Crippen molar-refractivity contribution in [2.24, 2.45) is 0 Å². The van der Waals surface area contributed by atoms with E-state index in [0.29, 0.717) is 11.7 Å². The van der Waals surface area contributed by atoms with Crippen molar-refractivity contribution in [1.82, 2.24) is 14.5 Å². The Bertz CT molecular complexity index is 1240. The molecule has 2 aromatic carbocycles. The number of benzene rings is 2. The number of piperazine rings is 1. The maximum absolute atomic E-state index is 15.3. The molecule has 0 atom stereocenters. The zero-order valence-corrected chi connectivity index (χ0v) is 17.0. The summed E-state index contributed by atoms with van der Waals surface area (Å²) in [6, 6.07) is 8.73. The molecule has 4 nitrogen and oxygen atoms in total. The highest BCUT2D eigenvalue weighted by Crippen LogP contribution is 2.44. The molecule has 0 spiro atoms. The second-order valence-corrected chi connectivity index (χ2v) is 8.55. The third-order valence-electron chi connectivity index (χ3n) is 6.70. The lowest BCUT2D eigenvalue weighted by Gasteiger charge is -2.35. The fourth-order valence-corrected chi connectivity index (χ4v) is 4.83. The van der Waals surface area contributed by atoms with Gasteiger partial charge in [-0.3, -0.25) is 0 Å². The van der Waals surface area contributed by atoms with Crippen LogP contribution in [0.2, 0.25) is 0 Å². The van der Waals surface area contributed by atoms with Crippen LogP contribution in [0.3, 0.4) is 0 Å². The van der Waals surface area contributed by atoms with Crippen LogP contribution < -0.4 is 4.90 Å². The third kappa shape index (κ3) is 2.77. The Morgan fingerprint density at radius 2 is 1.80 bits per heavy atom. The Balaban J connectivity index is 1.56. The van der Waals surface area contributed by atoms with Crippen molar-refractivity contribution in [3.8, 4) is 11.3 Å². The summed E-state index contributed by atoms with van der Waals surface area (Å²) < 4.78 is 31.5. The van der Waals surface area contributed by atoms with Gasteiger partial charge < -0.3 is 14.4 Å². The topological polar surface area (TPSA) is 24.3 Å². The van der Waals surface area contributed by atoms with Gasteiger partial charge in [-0.2, -0.15) is 0 Å². The number of likely N-dealkylation sites (N-methyl/N-ethyl adjacent to an activating group) is 1. The monoisotopic (exact) mass is 406 g/mol. The Hall–Kier alpha value is -2.73. The average molecular weight is 406 g/mol. The Morgan fingerprint density at radius 3 is 2.53 bits per heavy atom. The van der Waals surface area contributed by atoms with Crippen LogP contribution in [0.1, 0.15) is 25.8 Å². The van der Waals surface area contributed by atoms with Gasteiger partial charge in [-0.05, 0) is 49.7 Å². The second-order valence-electron chi connectivity index (χ2n) is 8.55. The highest BCUT2D eigenvalue weighted by Gasteiger charge is 2.29. The van der Waals surface area contributed by atoms with Crippen LogP contribution in [0.25, 0.3) is 33.1 Å². The van der Waals surface area contributed by atoms with E-state index in [1.165, 1.54) is 12.1 Å². The molecule has 0 amide bonds. The van der Waals surface area contributed by atoms with Gasteiger partial charge >= 0.3 is 0 Å². The molecule has 6 heteroatoms. The fourth-order valence-electron chi connectivity index (χ4n) is 4.83. The van der Waals surface area contributed by atoms with Crippen molar-refractivity contribution < 1.29 is 8.78 Å². The maximum atomic E-state index is 15.3. The summed E-state index contributed by atoms with van der Waals surface area (Å²) in [4.78, 5) is 9.29. The molecular weight excluding hydrogens is 382 g/mol. The van der Waals surface area contributed by atoms with Crippen LogP contribution in [0.5, 0.6) is 0 Å². The van der Waals surface area contributed by atoms with Gasteiger partial charge in [0, 0.05) is 54.8 Å². The van der Waals surface area contributed by atoms with Crippen molar-refractivity contribution in [2.45, 2.75) is 25.8 Å². The van der Waals surface area contributed by atoms with Crippen LogP contribution in [-0.2, 0) is 0 Å². The summed E-state index contributed by atoms with van der Waals surface area (Å²) in [5, 5.41) is 1.60. The Morgan fingerprint density at radius 1 is 1.00 bits per heavy atom. The van der Waals surface area contributed by atoms with Gasteiger partial charge in [-0.25, -0.2) is 13.8 Å². The predicted octanol–water partition coefficient (Wildman–Crippen LogP) is 5.05. The van der Waals surface area contributed by atoms with Crippen molar-refractivity contribution in [2.75, 3.05) is 37.6 Å². The molecule has 3 heterocycles. The number of hydrogen-bond acceptors (Lipinski definition) is 3. The van der Waals surface area contributed by atoms with E-state index in [4.69, 9.17) is 4.98 Å². The molecule has 30 heavy (non-hydrogen) atoms. The molecular formula is C24H24F2N4. The van der Waals surface area contributed by atoms with Gasteiger partial charge in [0.2, 0.25) is 0 Å². The minimum atomic E-state index is -0.275. The lowest BCUT2D eigenvalue weighted by atomic mass is 10.0. The molecule has 0 aromatic heterocycles. The van der Waals surface area contributed by atoms with Gasteiger partial charge in [-0.1, -0.05) is 6.92 Å². The van der Waals surface area contributed by atoms with E-state index in [-0.39, 0.29) is 11.6 Å². The first-order chi connectivity index (χ1) is 14.6. The number of aromatic nitrogens is 2. The van der Waals surface area contributed by atoms with Crippen molar-refractivity contribution in [3.05, 3.63) is 48.2 Å². The maximum Gasteiger partial charge on any atom is 0.147 e. The van der Waals surface area contributed by atoms with Crippen LogP contribution in [0.4, 0.5) is 14.5 Å². The zero-order chi connectivity index (χ0) is 20.4. The van der Waals surface area contributed by atoms with E-state index in [0.717, 1.165) is 78.6 Å². The summed E-state index contributed by atoms with van der Waals surface area (Å²) in [5.74, 6) is -0.483. The van der Waals surface area contributed by atoms with Gasteiger partial charge in [0.25, 0.3) is 0 Å². The lowest BCUT2D eigenvalue weighted by Crippen LogP contribution is -2.46. The Kier molecular flexibility index (Phi) is 4.00. The van der Waals surface area contributed by atoms with Gasteiger partial charge in [0.15, 0.2) is 0 Å². The number of fused-ring (bicyclic) bond motifs is 5. The van der Waals surface area contributed by atoms with E-state index in [1.807, 2.05) is 6.07 Å². The predicted molar refractivity (Wildman–Crippen MR) is 116 cm³/mol. The second kappa shape index (κ2) is 6.64. The van der Waals surface area contributed by atoms with E-state index in [2.05, 4.69) is 27.5 Å². The number of rotatable bonds is 3. The van der Waals surface area contributed by atoms with E-state index >= 15 is 4.39 Å². The quantitative estimate of drug-likeness (QED) is 0.476. The third-order valence-corrected chi connectivity index (χ3v) is 6.70. The molecule has 2 fully saturated rings. The smallest absolute Gasteiger partial charge is 0.147 e. The fraction of sp³-hybridized carbons (Fsp3) is 0.375. The van der Waals surface area contributed by atoms with Gasteiger partial charge in [0.05, 0.1) is 22.4 Å². The van der Waals surface area contributed by atoms with Gasteiger partial charge in [0.1, 0.15) is 11.6 Å². The summed E-state index contributed by atoms with van der Waals surface area (Å²) in [6.07, 6.45) is 4.34. The summed E-state index contributed by atoms with van der Waals surface area (Å²) >= 11 is 0. The zero-order valence-electron chi connectivity index (χ0n) is 17.0. The highest BCUT2D eigenvalue weighted by atomic mass is 19.1. The minimum Gasteiger partial charge on any atom is -0.367 e. The SMILES string of the molecule is CCN1CCN(c2cc3c(cc2F)c2nc4ccc(F)cc4c-2cn3C2CC2)CC1. The molecule has 0 bridgehead atoms. The molecule has 0 radical (unpaired) electrons. The number of nitrogens with zero attached hydrogens (tertiary/aromatic N) is 4. The van der Waals surface area contributed by atoms with E-state index < -0.39 is 0 Å². The number of hydrogen-bond donors (Lipinski definition) is 0. The van der Waals surface area contributed by atoms with Crippen LogP contribution in [-0.4, -0.2) is 47.2 Å². The molecule has 6 rings (SSSR count). The van der Waals surface area contributed by atoms with Crippen LogP contribution in [0, 0.1) is 11.6 Å². The summed E-state index contributed by atoms with van der Waals surface area (Å²) in [5.41, 5.74) is 4.09. The summed E-state index contributed by atoms with van der Waals surface area (Å²) in [7, 11) is 0. The van der Waals surface area contributed by atoms with Crippen LogP contribution >= 0.6 is 0 Å². The lowest BCUT2D eigenvalue weighted by molar-refractivity contribution is 0.270. The normalized spacial score (nSPS) is 18.2. The molecule has 2 aromatic rings. The number of pyridine rings is 1. The van der Waals surface area contributed by atoms with E-state index in [1.54, 1.807) is 12.1 Å². The standard InChI is InChI=1S/C24H24F2N4/c1-2-28-7-9-29(10-8-28)23-13-22-18(12-20(23)26)24-19(14-30(22)16-4-5-16)17-11-15(25)3-6-21(17)27-24/h3,6,11-14,16H,2,4-5,7-10H2,1H3. The number of anilines is 1. The van der Waals surface area contributed by atoms with Crippen molar-refractivity contribution in [3.63, 3.8) is 0 Å². The highest BCUT2D eigenvalue weighted by molar-refractivity contribution is 6.07. The number of halogens is 2. The minimum absolute atomic E-state index is 0.208. The largest absolute Gasteiger partial charge is 0.367 e. The molecule has 0 unspecified atom stereocenters. The first kappa shape index (κ1) is 18.1. The van der Waals surface area contributed by atoms with E-state index in [9.17, 15) is 4.39 Å². The Labute approximate surface area is 174 Å². The van der Waals surface area contributed by atoms with Gasteiger partial charge in [-0.15, -0.1) is 0 Å². The molecule has 0 N–H and O–H groups in total. The molecule has 154 valence electrons. The average Bonchev–Trinajstić information content (AvgIpc) is 3.54. The molecule has 4 aliphatic rings. The first-order valence-electron chi connectivity index (χ1n) is 10.8. The van der Waals surface area contributed by atoms with Crippen molar-refractivity contribution >= 4 is 27.5 Å². The molecule has 1 saturated carbocycles. The molecule has 1 saturated heterocycles. The summed E-state index contributed by atoms with van der Waals surface area (Å²) in [6.45, 7) is 6.77. The molecule has 3 aliphatic heterocycles.